The first kappa shape index (κ1) is 15.4. The average molecular weight is 294 g/mol. The van der Waals surface area contributed by atoms with Crippen molar-refractivity contribution in [3.63, 3.8) is 0 Å². The van der Waals surface area contributed by atoms with Gasteiger partial charge in [-0.1, -0.05) is 13.8 Å². The van der Waals surface area contributed by atoms with E-state index >= 15 is 0 Å². The molecule has 0 saturated heterocycles. The molecule has 21 heavy (non-hydrogen) atoms. The summed E-state index contributed by atoms with van der Waals surface area (Å²) in [7, 11) is 0. The van der Waals surface area contributed by atoms with Gasteiger partial charge in [-0.2, -0.15) is 4.84 Å². The summed E-state index contributed by atoms with van der Waals surface area (Å²) in [5.41, 5.74) is 3.59. The molecular weight excluding hydrogens is 274 g/mol. The highest BCUT2D eigenvalue weighted by molar-refractivity contribution is 6.05. The van der Waals surface area contributed by atoms with Crippen LogP contribution in [0.5, 0.6) is 0 Å². The van der Waals surface area contributed by atoms with Gasteiger partial charge in [-0.05, 0) is 41.7 Å². The topological polar surface area (TPSA) is 86.8 Å². The van der Waals surface area contributed by atoms with Crippen molar-refractivity contribution >= 4 is 5.78 Å². The molecule has 0 fully saturated rings. The molecular formula is C15H20NO5+. The van der Waals surface area contributed by atoms with E-state index in [1.165, 1.54) is 0 Å². The second-order valence-corrected chi connectivity index (χ2v) is 6.05. The molecule has 2 N–H and O–H groups in total. The molecule has 6 nitrogen and oxygen atoms in total. The van der Waals surface area contributed by atoms with Crippen LogP contribution in [0.3, 0.4) is 0 Å². The summed E-state index contributed by atoms with van der Waals surface area (Å²) in [6.07, 6.45) is 0.974. The van der Waals surface area contributed by atoms with Crippen molar-refractivity contribution in [2.75, 3.05) is 6.61 Å². The van der Waals surface area contributed by atoms with Crippen molar-refractivity contribution in [1.29, 1.82) is 0 Å². The Morgan fingerprint density at radius 3 is 2.62 bits per heavy atom. The zero-order valence-corrected chi connectivity index (χ0v) is 12.5. The van der Waals surface area contributed by atoms with E-state index in [0.717, 1.165) is 22.3 Å². The SMILES string of the molecule is Cc1cc2c(c(CO)c1CCO[N+](=O)O)CC(C)(C)C2=O. The van der Waals surface area contributed by atoms with Crippen LogP contribution in [-0.2, 0) is 24.3 Å². The monoisotopic (exact) mass is 294 g/mol. The minimum Gasteiger partial charge on any atom is -0.392 e. The lowest BCUT2D eigenvalue weighted by Crippen LogP contribution is -2.18. The summed E-state index contributed by atoms with van der Waals surface area (Å²) >= 11 is 0. The number of aliphatic hydroxyl groups is 1. The van der Waals surface area contributed by atoms with E-state index in [9.17, 15) is 14.8 Å². The van der Waals surface area contributed by atoms with Crippen LogP contribution >= 0.6 is 0 Å². The number of benzene rings is 1. The summed E-state index contributed by atoms with van der Waals surface area (Å²) in [5, 5.41) is 17.6. The molecule has 114 valence electrons. The summed E-state index contributed by atoms with van der Waals surface area (Å²) < 4.78 is 0. The molecule has 0 radical (unpaired) electrons. The Hall–Kier alpha value is -1.95. The number of hydrogen-bond acceptors (Lipinski definition) is 4. The average Bonchev–Trinajstić information content (AvgIpc) is 2.61. The number of aliphatic hydroxyl groups excluding tert-OH is 1. The fourth-order valence-corrected chi connectivity index (χ4v) is 3.03. The molecule has 0 bridgehead atoms. The maximum absolute atomic E-state index is 12.4. The second kappa shape index (κ2) is 5.44. The normalized spacial score (nSPS) is 15.9. The number of carbonyl (C=O) groups is 1. The van der Waals surface area contributed by atoms with Crippen LogP contribution in [0.25, 0.3) is 0 Å². The number of fused-ring (bicyclic) bond motifs is 1. The molecule has 0 aliphatic heterocycles. The van der Waals surface area contributed by atoms with Gasteiger partial charge in [0.15, 0.2) is 12.4 Å². The molecule has 6 heteroatoms. The third-order valence-corrected chi connectivity index (χ3v) is 4.08. The van der Waals surface area contributed by atoms with Gasteiger partial charge >= 0.3 is 5.09 Å². The van der Waals surface area contributed by atoms with Crippen molar-refractivity contribution in [2.24, 2.45) is 5.41 Å². The molecule has 0 atom stereocenters. The van der Waals surface area contributed by atoms with Gasteiger partial charge in [-0.15, -0.1) is 0 Å². The molecule has 0 saturated carbocycles. The standard InChI is InChI=1S/C15H20NO5/c1-9-6-11-12(7-15(2,3)14(11)18)13(8-17)10(9)4-5-21-16(19)20/h6,17H,4-5,7-8H2,1-3H3,(H,19,20)/q+1. The van der Waals surface area contributed by atoms with E-state index in [1.807, 2.05) is 26.8 Å². The quantitative estimate of drug-likeness (QED) is 0.810. The van der Waals surface area contributed by atoms with E-state index in [2.05, 4.69) is 4.84 Å². The Balaban J connectivity index is 2.41. The molecule has 1 aromatic rings. The molecule has 0 spiro atoms. The number of hydrogen-bond donors (Lipinski definition) is 2. The van der Waals surface area contributed by atoms with Gasteiger partial charge in [-0.3, -0.25) is 4.79 Å². The number of rotatable bonds is 5. The predicted molar refractivity (Wildman–Crippen MR) is 74.0 cm³/mol. The highest BCUT2D eigenvalue weighted by Gasteiger charge is 2.39. The van der Waals surface area contributed by atoms with E-state index in [4.69, 9.17) is 5.21 Å². The van der Waals surface area contributed by atoms with Crippen LogP contribution < -0.4 is 0 Å². The van der Waals surface area contributed by atoms with Crippen molar-refractivity contribution in [3.8, 4) is 0 Å². The fourth-order valence-electron chi connectivity index (χ4n) is 3.03. The molecule has 0 unspecified atom stereocenters. The molecule has 0 heterocycles. The molecule has 1 aromatic carbocycles. The van der Waals surface area contributed by atoms with Gasteiger partial charge in [0.2, 0.25) is 0 Å². The van der Waals surface area contributed by atoms with E-state index in [0.29, 0.717) is 18.4 Å². The van der Waals surface area contributed by atoms with Gasteiger partial charge in [0.05, 0.1) is 6.61 Å². The lowest BCUT2D eigenvalue weighted by Gasteiger charge is -2.15. The number of Topliss-reactive ketones (excluding diaryl/α,β-unsaturated/α-hetero) is 1. The van der Waals surface area contributed by atoms with Crippen molar-refractivity contribution in [3.05, 3.63) is 38.8 Å². The van der Waals surface area contributed by atoms with Crippen molar-refractivity contribution < 1.29 is 25.0 Å². The van der Waals surface area contributed by atoms with E-state index in [1.54, 1.807) is 0 Å². The number of aryl methyl sites for hydroxylation is 1. The number of ketones is 1. The van der Waals surface area contributed by atoms with Gasteiger partial charge in [0, 0.05) is 17.4 Å². The van der Waals surface area contributed by atoms with E-state index in [-0.39, 0.29) is 19.0 Å². The van der Waals surface area contributed by atoms with Gasteiger partial charge in [-0.25, -0.2) is 5.21 Å². The lowest BCUT2D eigenvalue weighted by molar-refractivity contribution is -0.975. The first-order valence-electron chi connectivity index (χ1n) is 6.87. The largest absolute Gasteiger partial charge is 0.475 e. The Kier molecular flexibility index (Phi) is 4.00. The molecule has 0 aromatic heterocycles. The second-order valence-electron chi connectivity index (χ2n) is 6.05. The molecule has 2 rings (SSSR count). The maximum Gasteiger partial charge on any atom is 0.475 e. The van der Waals surface area contributed by atoms with Crippen LogP contribution in [0.2, 0.25) is 0 Å². The predicted octanol–water partition coefficient (Wildman–Crippen LogP) is 1.89. The summed E-state index contributed by atoms with van der Waals surface area (Å²) in [6.45, 7) is 5.50. The highest BCUT2D eigenvalue weighted by Crippen LogP contribution is 2.40. The van der Waals surface area contributed by atoms with Crippen LogP contribution in [-0.4, -0.2) is 27.8 Å². The van der Waals surface area contributed by atoms with Crippen LogP contribution in [0.1, 0.15) is 46.5 Å². The van der Waals surface area contributed by atoms with Gasteiger partial charge in [0.1, 0.15) is 4.91 Å². The smallest absolute Gasteiger partial charge is 0.392 e. The third-order valence-electron chi connectivity index (χ3n) is 4.08. The summed E-state index contributed by atoms with van der Waals surface area (Å²) in [5.74, 6) is 0.0965. The molecule has 1 aliphatic rings. The zero-order valence-electron chi connectivity index (χ0n) is 12.5. The molecule has 1 aliphatic carbocycles. The first-order valence-corrected chi connectivity index (χ1v) is 6.87. The fraction of sp³-hybridized carbons (Fsp3) is 0.533. The van der Waals surface area contributed by atoms with E-state index < -0.39 is 10.5 Å². The Labute approximate surface area is 122 Å². The van der Waals surface area contributed by atoms with Crippen molar-refractivity contribution in [2.45, 2.75) is 40.2 Å². The molecule has 0 amide bonds. The maximum atomic E-state index is 12.4. The van der Waals surface area contributed by atoms with Crippen LogP contribution in [0, 0.1) is 17.2 Å². The van der Waals surface area contributed by atoms with Gasteiger partial charge in [0.25, 0.3) is 0 Å². The summed E-state index contributed by atoms with van der Waals surface area (Å²) in [6, 6.07) is 1.84. The first-order chi connectivity index (χ1) is 9.77. The summed E-state index contributed by atoms with van der Waals surface area (Å²) in [4.78, 5) is 27.2. The lowest BCUT2D eigenvalue weighted by atomic mass is 9.88. The number of nitrogens with zero attached hydrogens (tertiary/aromatic N) is 1. The van der Waals surface area contributed by atoms with Crippen molar-refractivity contribution in [1.82, 2.24) is 0 Å². The third kappa shape index (κ3) is 2.76. The Morgan fingerprint density at radius 1 is 1.38 bits per heavy atom. The zero-order chi connectivity index (χ0) is 15.8. The Morgan fingerprint density at radius 2 is 2.05 bits per heavy atom. The highest BCUT2D eigenvalue weighted by atomic mass is 16.9. The minimum atomic E-state index is -0.575. The van der Waals surface area contributed by atoms with Crippen LogP contribution in [0.15, 0.2) is 6.07 Å². The van der Waals surface area contributed by atoms with Crippen LogP contribution in [0.4, 0.5) is 0 Å². The number of carbonyl (C=O) groups excluding carboxylic acids is 1. The Bertz CT molecular complexity index is 607. The minimum absolute atomic E-state index is 0.00393. The van der Waals surface area contributed by atoms with Gasteiger partial charge < -0.3 is 5.11 Å².